The predicted molar refractivity (Wildman–Crippen MR) is 90.2 cm³/mol. The van der Waals surface area contributed by atoms with Gasteiger partial charge in [0, 0.05) is 24.4 Å². The van der Waals surface area contributed by atoms with Crippen LogP contribution in [0.5, 0.6) is 5.75 Å². The van der Waals surface area contributed by atoms with E-state index < -0.39 is 0 Å². The van der Waals surface area contributed by atoms with E-state index in [2.05, 4.69) is 28.5 Å². The number of pyridine rings is 1. The van der Waals surface area contributed by atoms with Crippen LogP contribution >= 0.6 is 0 Å². The van der Waals surface area contributed by atoms with E-state index in [1.54, 1.807) is 12.3 Å². The van der Waals surface area contributed by atoms with Gasteiger partial charge in [-0.25, -0.2) is 0 Å². The largest absolute Gasteiger partial charge is 0.494 e. The highest BCUT2D eigenvalue weighted by molar-refractivity contribution is 5.71. The minimum absolute atomic E-state index is 0.0614. The van der Waals surface area contributed by atoms with Crippen LogP contribution in [0.1, 0.15) is 29.5 Å². The number of anilines is 1. The Morgan fingerprint density at radius 1 is 1.42 bits per heavy atom. The molecule has 3 atom stereocenters. The summed E-state index contributed by atoms with van der Waals surface area (Å²) in [6.07, 6.45) is 8.86. The Labute approximate surface area is 139 Å². The average molecular weight is 323 g/mol. The molecule has 6 heteroatoms. The van der Waals surface area contributed by atoms with Crippen LogP contribution < -0.4 is 10.1 Å². The third-order valence-electron chi connectivity index (χ3n) is 4.89. The second-order valence-electron chi connectivity index (χ2n) is 6.13. The lowest BCUT2D eigenvalue weighted by atomic mass is 9.77. The SMILES string of the molecule is COc1cc([N+](=O)[O-])cc2c1NC(c1cccnc1)C1CC=CC21. The quantitative estimate of drug-likeness (QED) is 0.528. The lowest BCUT2D eigenvalue weighted by Gasteiger charge is -2.37. The molecule has 0 spiro atoms. The van der Waals surface area contributed by atoms with Crippen molar-refractivity contribution in [3.63, 3.8) is 0 Å². The summed E-state index contributed by atoms with van der Waals surface area (Å²) >= 11 is 0. The number of nitrogens with zero attached hydrogens (tertiary/aromatic N) is 2. The zero-order valence-corrected chi connectivity index (χ0v) is 13.2. The van der Waals surface area contributed by atoms with E-state index in [9.17, 15) is 10.1 Å². The molecule has 1 aromatic carbocycles. The molecule has 0 fully saturated rings. The zero-order valence-electron chi connectivity index (χ0n) is 13.2. The van der Waals surface area contributed by atoms with Crippen molar-refractivity contribution in [1.29, 1.82) is 0 Å². The fourth-order valence-corrected chi connectivity index (χ4v) is 3.81. The molecule has 0 bridgehead atoms. The van der Waals surface area contributed by atoms with E-state index >= 15 is 0 Å². The summed E-state index contributed by atoms with van der Waals surface area (Å²) in [4.78, 5) is 15.1. The van der Waals surface area contributed by atoms with Crippen LogP contribution in [0.2, 0.25) is 0 Å². The topological polar surface area (TPSA) is 77.3 Å². The van der Waals surface area contributed by atoms with Crippen LogP contribution in [0.25, 0.3) is 0 Å². The summed E-state index contributed by atoms with van der Waals surface area (Å²) in [7, 11) is 1.54. The van der Waals surface area contributed by atoms with Crippen LogP contribution in [-0.4, -0.2) is 17.0 Å². The zero-order chi connectivity index (χ0) is 16.7. The van der Waals surface area contributed by atoms with Crippen molar-refractivity contribution in [2.24, 2.45) is 5.92 Å². The standard InChI is InChI=1S/C18H17N3O3/c1-24-16-9-12(21(22)23)8-15-13-5-2-6-14(13)17(20-18(15)16)11-4-3-7-19-10-11/h2-5,7-10,13-14,17,20H,6H2,1H3. The summed E-state index contributed by atoms with van der Waals surface area (Å²) < 4.78 is 5.43. The molecule has 122 valence electrons. The molecule has 0 amide bonds. The number of allylic oxidation sites excluding steroid dienone is 2. The first-order valence-corrected chi connectivity index (χ1v) is 7.88. The van der Waals surface area contributed by atoms with Gasteiger partial charge in [-0.1, -0.05) is 18.2 Å². The maximum absolute atomic E-state index is 11.2. The predicted octanol–water partition coefficient (Wildman–Crippen LogP) is 3.82. The number of hydrogen-bond acceptors (Lipinski definition) is 5. The molecule has 6 nitrogen and oxygen atoms in total. The van der Waals surface area contributed by atoms with Crippen LogP contribution in [0.15, 0.2) is 48.8 Å². The number of non-ortho nitro benzene ring substituents is 1. The van der Waals surface area contributed by atoms with E-state index in [0.29, 0.717) is 11.7 Å². The lowest BCUT2D eigenvalue weighted by molar-refractivity contribution is -0.385. The van der Waals surface area contributed by atoms with E-state index in [1.807, 2.05) is 12.3 Å². The molecule has 2 aliphatic rings. The lowest BCUT2D eigenvalue weighted by Crippen LogP contribution is -2.29. The highest BCUT2D eigenvalue weighted by Crippen LogP contribution is 2.53. The second-order valence-corrected chi connectivity index (χ2v) is 6.13. The number of benzene rings is 1. The minimum Gasteiger partial charge on any atom is -0.494 e. The highest BCUT2D eigenvalue weighted by atomic mass is 16.6. The first-order chi connectivity index (χ1) is 11.7. The molecule has 1 aromatic heterocycles. The molecule has 24 heavy (non-hydrogen) atoms. The van der Waals surface area contributed by atoms with E-state index in [4.69, 9.17) is 4.74 Å². The smallest absolute Gasteiger partial charge is 0.273 e. The Hall–Kier alpha value is -2.89. The van der Waals surface area contributed by atoms with Crippen molar-refractivity contribution in [2.75, 3.05) is 12.4 Å². The highest BCUT2D eigenvalue weighted by Gasteiger charge is 2.40. The molecule has 0 saturated carbocycles. The second kappa shape index (κ2) is 5.63. The number of fused-ring (bicyclic) bond motifs is 3. The van der Waals surface area contributed by atoms with Crippen LogP contribution in [0.4, 0.5) is 11.4 Å². The molecule has 1 aliphatic heterocycles. The Bertz CT molecular complexity index is 820. The van der Waals surface area contributed by atoms with Crippen molar-refractivity contribution in [3.8, 4) is 5.75 Å². The third kappa shape index (κ3) is 2.22. The molecule has 0 radical (unpaired) electrons. The Morgan fingerprint density at radius 2 is 2.29 bits per heavy atom. The van der Waals surface area contributed by atoms with Crippen molar-refractivity contribution in [2.45, 2.75) is 18.4 Å². The number of nitro groups is 1. The molecule has 1 N–H and O–H groups in total. The molecule has 4 rings (SSSR count). The van der Waals surface area contributed by atoms with Crippen LogP contribution in [0.3, 0.4) is 0 Å². The van der Waals surface area contributed by atoms with Gasteiger partial charge in [-0.05, 0) is 29.5 Å². The summed E-state index contributed by atoms with van der Waals surface area (Å²) in [6.45, 7) is 0. The Kier molecular flexibility index (Phi) is 3.45. The maximum atomic E-state index is 11.2. The van der Waals surface area contributed by atoms with Crippen LogP contribution in [0, 0.1) is 16.0 Å². The fraction of sp³-hybridized carbons (Fsp3) is 0.278. The summed E-state index contributed by atoms with van der Waals surface area (Å²) in [5, 5.41) is 14.8. The van der Waals surface area contributed by atoms with E-state index in [1.165, 1.54) is 13.2 Å². The van der Waals surface area contributed by atoms with Gasteiger partial charge in [0.05, 0.1) is 29.8 Å². The molecular weight excluding hydrogens is 306 g/mol. The normalized spacial score (nSPS) is 24.0. The monoisotopic (exact) mass is 323 g/mol. The van der Waals surface area contributed by atoms with Crippen molar-refractivity contribution >= 4 is 11.4 Å². The first-order valence-electron chi connectivity index (χ1n) is 7.88. The van der Waals surface area contributed by atoms with Gasteiger partial charge in [-0.3, -0.25) is 15.1 Å². The number of rotatable bonds is 3. The average Bonchev–Trinajstić information content (AvgIpc) is 3.10. The van der Waals surface area contributed by atoms with Gasteiger partial charge in [0.25, 0.3) is 5.69 Å². The fourth-order valence-electron chi connectivity index (χ4n) is 3.81. The summed E-state index contributed by atoms with van der Waals surface area (Å²) in [5.41, 5.74) is 2.94. The summed E-state index contributed by atoms with van der Waals surface area (Å²) in [6, 6.07) is 7.23. The molecule has 2 heterocycles. The van der Waals surface area contributed by atoms with Gasteiger partial charge >= 0.3 is 0 Å². The number of methoxy groups -OCH3 is 1. The number of aromatic nitrogens is 1. The van der Waals surface area contributed by atoms with Gasteiger partial charge in [0.1, 0.15) is 5.75 Å². The molecular formula is C18H17N3O3. The Balaban J connectivity index is 1.86. The number of nitrogens with one attached hydrogen (secondary N) is 1. The van der Waals surface area contributed by atoms with E-state index in [0.717, 1.165) is 23.2 Å². The molecule has 1 aliphatic carbocycles. The first kappa shape index (κ1) is 14.7. The van der Waals surface area contributed by atoms with E-state index in [-0.39, 0.29) is 22.6 Å². The van der Waals surface area contributed by atoms with Crippen LogP contribution in [-0.2, 0) is 0 Å². The number of hydrogen-bond donors (Lipinski definition) is 1. The summed E-state index contributed by atoms with van der Waals surface area (Å²) in [5.74, 6) is 0.959. The van der Waals surface area contributed by atoms with Gasteiger partial charge in [0.2, 0.25) is 0 Å². The molecule has 0 saturated heterocycles. The molecule has 2 aromatic rings. The molecule has 3 unspecified atom stereocenters. The number of nitro benzene ring substituents is 1. The van der Waals surface area contributed by atoms with Crippen molar-refractivity contribution in [3.05, 3.63) is 70.1 Å². The van der Waals surface area contributed by atoms with Gasteiger partial charge in [0.15, 0.2) is 0 Å². The number of ether oxygens (including phenoxy) is 1. The van der Waals surface area contributed by atoms with Gasteiger partial charge in [-0.2, -0.15) is 0 Å². The van der Waals surface area contributed by atoms with Crippen molar-refractivity contribution in [1.82, 2.24) is 4.98 Å². The third-order valence-corrected chi connectivity index (χ3v) is 4.89. The van der Waals surface area contributed by atoms with Gasteiger partial charge in [-0.15, -0.1) is 0 Å². The Morgan fingerprint density at radius 3 is 3.00 bits per heavy atom. The maximum Gasteiger partial charge on any atom is 0.273 e. The minimum atomic E-state index is -0.371. The van der Waals surface area contributed by atoms with Gasteiger partial charge < -0.3 is 10.1 Å². The van der Waals surface area contributed by atoms with Crippen molar-refractivity contribution < 1.29 is 9.66 Å².